The number of nitrogens with two attached hydrogens (primary N) is 1. The highest BCUT2D eigenvalue weighted by Gasteiger charge is 2.14. The van der Waals surface area contributed by atoms with Crippen molar-refractivity contribution in [3.05, 3.63) is 40.6 Å². The Kier molecular flexibility index (Phi) is 7.50. The van der Waals surface area contributed by atoms with E-state index in [1.165, 1.54) is 18.7 Å². The summed E-state index contributed by atoms with van der Waals surface area (Å²) in [5.74, 6) is -0.575. The van der Waals surface area contributed by atoms with Crippen LogP contribution in [0.5, 0.6) is 0 Å². The third-order valence-electron chi connectivity index (χ3n) is 2.54. The van der Waals surface area contributed by atoms with Crippen molar-refractivity contribution >= 4 is 35.1 Å². The smallest absolute Gasteiger partial charge is 0.307 e. The first-order valence-electron chi connectivity index (χ1n) is 6.37. The van der Waals surface area contributed by atoms with Crippen molar-refractivity contribution in [2.45, 2.75) is 18.2 Å². The summed E-state index contributed by atoms with van der Waals surface area (Å²) in [7, 11) is 0. The van der Waals surface area contributed by atoms with Crippen LogP contribution in [0.2, 0.25) is 5.02 Å². The predicted molar refractivity (Wildman–Crippen MR) is 85.3 cm³/mol. The van der Waals surface area contributed by atoms with Gasteiger partial charge in [-0.3, -0.25) is 9.59 Å². The second-order valence-electron chi connectivity index (χ2n) is 4.31. The molecule has 0 bridgehead atoms. The predicted octanol–water partition coefficient (Wildman–Crippen LogP) is 2.69. The number of ether oxygens (including phenoxy) is 1. The Morgan fingerprint density at radius 1 is 1.36 bits per heavy atom. The third kappa shape index (κ3) is 6.20. The van der Waals surface area contributed by atoms with Crippen LogP contribution in [0.4, 0.5) is 0 Å². The Hall–Kier alpha value is -1.97. The van der Waals surface area contributed by atoms with Crippen LogP contribution in [-0.4, -0.2) is 24.1 Å². The molecule has 0 aliphatic heterocycles. The molecule has 0 aliphatic carbocycles. The maximum atomic E-state index is 11.6. The number of esters is 1. The number of halogens is 1. The fraction of sp³-hybridized carbons (Fsp3) is 0.267. The first kappa shape index (κ1) is 18.1. The number of ketones is 1. The van der Waals surface area contributed by atoms with Gasteiger partial charge in [-0.25, -0.2) is 0 Å². The van der Waals surface area contributed by atoms with E-state index in [2.05, 4.69) is 0 Å². The number of carbonyl (C=O) groups is 2. The molecular formula is C15H15ClN2O3S. The number of hydrogen-bond donors (Lipinski definition) is 1. The lowest BCUT2D eigenvalue weighted by atomic mass is 10.1. The molecule has 0 unspecified atom stereocenters. The zero-order chi connectivity index (χ0) is 16.5. The van der Waals surface area contributed by atoms with Crippen LogP contribution in [0, 0.1) is 11.3 Å². The zero-order valence-electron chi connectivity index (χ0n) is 12.0. The van der Waals surface area contributed by atoms with Crippen molar-refractivity contribution in [1.29, 1.82) is 5.26 Å². The van der Waals surface area contributed by atoms with E-state index in [1.54, 1.807) is 18.2 Å². The Morgan fingerprint density at radius 2 is 2.00 bits per heavy atom. The highest BCUT2D eigenvalue weighted by atomic mass is 35.5. The molecule has 0 saturated heterocycles. The van der Waals surface area contributed by atoms with E-state index in [0.717, 1.165) is 4.90 Å². The summed E-state index contributed by atoms with van der Waals surface area (Å²) < 4.78 is 4.83. The lowest BCUT2D eigenvalue weighted by Gasteiger charge is -2.05. The quantitative estimate of drug-likeness (QED) is 0.355. The van der Waals surface area contributed by atoms with Gasteiger partial charge in [0.25, 0.3) is 0 Å². The average Bonchev–Trinajstić information content (AvgIpc) is 2.47. The van der Waals surface area contributed by atoms with Crippen LogP contribution in [0.3, 0.4) is 0 Å². The number of rotatable bonds is 7. The molecule has 0 heterocycles. The number of Topliss-reactive ketones (excluding diaryl/α,β-unsaturated/α-hetero) is 1. The minimum atomic E-state index is -0.596. The van der Waals surface area contributed by atoms with Gasteiger partial charge in [0.05, 0.1) is 6.42 Å². The van der Waals surface area contributed by atoms with Gasteiger partial charge in [0.15, 0.2) is 6.61 Å². The second-order valence-corrected chi connectivity index (χ2v) is 5.91. The lowest BCUT2D eigenvalue weighted by Crippen LogP contribution is -2.17. The van der Waals surface area contributed by atoms with Crippen molar-refractivity contribution in [2.75, 3.05) is 12.4 Å². The number of nitrogens with zero attached hydrogens (tertiary/aromatic N) is 1. The van der Waals surface area contributed by atoms with Crippen LogP contribution in [0.1, 0.15) is 13.3 Å². The Balaban J connectivity index is 2.32. The summed E-state index contributed by atoms with van der Waals surface area (Å²) >= 11 is 7.26. The van der Waals surface area contributed by atoms with Crippen molar-refractivity contribution in [2.24, 2.45) is 5.73 Å². The second kappa shape index (κ2) is 9.13. The van der Waals surface area contributed by atoms with Gasteiger partial charge in [0, 0.05) is 21.4 Å². The zero-order valence-corrected chi connectivity index (χ0v) is 13.5. The molecule has 0 spiro atoms. The van der Waals surface area contributed by atoms with Crippen LogP contribution in [-0.2, 0) is 14.3 Å². The molecule has 0 amide bonds. The molecule has 1 aromatic carbocycles. The number of allylic oxidation sites excluding steroid dienone is 1. The van der Waals surface area contributed by atoms with Gasteiger partial charge in [0.1, 0.15) is 11.6 Å². The van der Waals surface area contributed by atoms with Gasteiger partial charge in [-0.05, 0) is 31.2 Å². The molecule has 0 aliphatic rings. The topological polar surface area (TPSA) is 93.2 Å². The molecule has 0 fully saturated rings. The van der Waals surface area contributed by atoms with Gasteiger partial charge < -0.3 is 10.5 Å². The molecule has 1 aromatic rings. The molecule has 0 saturated carbocycles. The molecule has 0 radical (unpaired) electrons. The molecule has 22 heavy (non-hydrogen) atoms. The van der Waals surface area contributed by atoms with Crippen LogP contribution in [0.25, 0.3) is 0 Å². The van der Waals surface area contributed by atoms with Crippen molar-refractivity contribution in [3.8, 4) is 6.07 Å². The maximum absolute atomic E-state index is 11.6. The maximum Gasteiger partial charge on any atom is 0.307 e. The fourth-order valence-corrected chi connectivity index (χ4v) is 2.40. The van der Waals surface area contributed by atoms with E-state index in [9.17, 15) is 9.59 Å². The van der Waals surface area contributed by atoms with Gasteiger partial charge >= 0.3 is 5.97 Å². The number of hydrogen-bond acceptors (Lipinski definition) is 6. The van der Waals surface area contributed by atoms with Crippen molar-refractivity contribution < 1.29 is 14.3 Å². The molecule has 2 N–H and O–H groups in total. The molecule has 116 valence electrons. The first-order valence-corrected chi connectivity index (χ1v) is 7.74. The van der Waals surface area contributed by atoms with Crippen LogP contribution < -0.4 is 5.73 Å². The molecular weight excluding hydrogens is 324 g/mol. The number of thioether (sulfide) groups is 1. The van der Waals surface area contributed by atoms with Gasteiger partial charge in [-0.15, -0.1) is 11.8 Å². The highest BCUT2D eigenvalue weighted by molar-refractivity contribution is 7.99. The molecule has 0 atom stereocenters. The molecule has 0 aromatic heterocycles. The van der Waals surface area contributed by atoms with Gasteiger partial charge in [-0.2, -0.15) is 5.26 Å². The van der Waals surface area contributed by atoms with Gasteiger partial charge in [0.2, 0.25) is 5.78 Å². The lowest BCUT2D eigenvalue weighted by molar-refractivity contribution is -0.146. The average molecular weight is 339 g/mol. The summed E-state index contributed by atoms with van der Waals surface area (Å²) in [6.45, 7) is 0.975. The molecule has 1 rings (SSSR count). The largest absolute Gasteiger partial charge is 0.457 e. The van der Waals surface area contributed by atoms with E-state index in [-0.39, 0.29) is 17.7 Å². The van der Waals surface area contributed by atoms with Gasteiger partial charge in [-0.1, -0.05) is 11.6 Å². The summed E-state index contributed by atoms with van der Waals surface area (Å²) in [4.78, 5) is 24.1. The van der Waals surface area contributed by atoms with E-state index in [0.29, 0.717) is 10.8 Å². The highest BCUT2D eigenvalue weighted by Crippen LogP contribution is 2.21. The summed E-state index contributed by atoms with van der Waals surface area (Å²) in [6, 6.07) is 8.95. The minimum absolute atomic E-state index is 0.113. The number of benzene rings is 1. The first-order chi connectivity index (χ1) is 10.4. The standard InChI is InChI=1S/C15H15ClN2O3S/c1-10(18)13(8-17)14(19)9-21-15(20)6-7-22-12-4-2-11(16)3-5-12/h2-5H,6-7,9,18H2,1H3. The number of nitriles is 1. The van der Waals surface area contributed by atoms with Crippen molar-refractivity contribution in [3.63, 3.8) is 0 Å². The summed E-state index contributed by atoms with van der Waals surface area (Å²) in [5.41, 5.74) is 5.33. The van der Waals surface area contributed by atoms with E-state index >= 15 is 0 Å². The Morgan fingerprint density at radius 3 is 2.55 bits per heavy atom. The van der Waals surface area contributed by atoms with Crippen LogP contribution >= 0.6 is 23.4 Å². The summed E-state index contributed by atoms with van der Waals surface area (Å²) in [6.07, 6.45) is 0.160. The van der Waals surface area contributed by atoms with Crippen LogP contribution in [0.15, 0.2) is 40.4 Å². The number of carbonyl (C=O) groups excluding carboxylic acids is 2. The third-order valence-corrected chi connectivity index (χ3v) is 3.80. The van der Waals surface area contributed by atoms with Crippen molar-refractivity contribution in [1.82, 2.24) is 0 Å². The Labute approximate surface area is 138 Å². The molecule has 5 nitrogen and oxygen atoms in total. The van der Waals surface area contributed by atoms with E-state index in [1.807, 2.05) is 12.1 Å². The summed E-state index contributed by atoms with van der Waals surface area (Å²) in [5, 5.41) is 9.41. The minimum Gasteiger partial charge on any atom is -0.457 e. The normalized spacial score (nSPS) is 11.3. The van der Waals surface area contributed by atoms with E-state index in [4.69, 9.17) is 27.3 Å². The Bertz CT molecular complexity index is 617. The SMILES string of the molecule is CC(N)=C(C#N)C(=O)COC(=O)CCSc1ccc(Cl)cc1. The monoisotopic (exact) mass is 338 g/mol. The van der Waals surface area contributed by atoms with E-state index < -0.39 is 18.4 Å². The molecule has 7 heteroatoms. The fourth-order valence-electron chi connectivity index (χ4n) is 1.44.